The number of nitrogens with zero attached hydrogens (tertiary/aromatic N) is 4. The number of para-hydroxylation sites is 1. The van der Waals surface area contributed by atoms with E-state index in [1.54, 1.807) is 4.68 Å². The molecule has 2 aromatic carbocycles. The Balaban J connectivity index is 1.40. The van der Waals surface area contributed by atoms with E-state index in [4.69, 9.17) is 0 Å². The highest BCUT2D eigenvalue weighted by atomic mass is 16.2. The number of nitrogens with one attached hydrogen (secondary N) is 2. The van der Waals surface area contributed by atoms with Crippen molar-refractivity contribution in [1.29, 1.82) is 0 Å². The lowest BCUT2D eigenvalue weighted by atomic mass is 10.2. The van der Waals surface area contributed by atoms with Crippen LogP contribution in [0.15, 0.2) is 48.5 Å². The Morgan fingerprint density at radius 1 is 1.15 bits per heavy atom. The van der Waals surface area contributed by atoms with Crippen LogP contribution < -0.4 is 15.5 Å². The van der Waals surface area contributed by atoms with E-state index in [-0.39, 0.29) is 18.4 Å². The predicted molar refractivity (Wildman–Crippen MR) is 97.8 cm³/mol. The van der Waals surface area contributed by atoms with Crippen molar-refractivity contribution in [3.63, 3.8) is 0 Å². The van der Waals surface area contributed by atoms with Crippen molar-refractivity contribution in [2.75, 3.05) is 29.9 Å². The number of anilines is 2. The smallest absolute Gasteiger partial charge is 0.246 e. The fraction of sp³-hybridized carbons (Fsp3) is 0.222. The van der Waals surface area contributed by atoms with E-state index in [0.29, 0.717) is 18.8 Å². The summed E-state index contributed by atoms with van der Waals surface area (Å²) in [6.07, 6.45) is 0. The molecule has 2 heterocycles. The SMILES string of the molecule is O=C1CN(c2ccc(NC(=O)Cn3nnc4ccccc43)cc2)CCN1. The second-order valence-corrected chi connectivity index (χ2v) is 6.10. The van der Waals surface area contributed by atoms with E-state index in [9.17, 15) is 9.59 Å². The van der Waals surface area contributed by atoms with Gasteiger partial charge in [0.25, 0.3) is 0 Å². The molecule has 3 aromatic rings. The van der Waals surface area contributed by atoms with Crippen LogP contribution in [-0.2, 0) is 16.1 Å². The van der Waals surface area contributed by atoms with Gasteiger partial charge in [-0.2, -0.15) is 0 Å². The van der Waals surface area contributed by atoms with Crippen molar-refractivity contribution in [3.8, 4) is 0 Å². The van der Waals surface area contributed by atoms with Gasteiger partial charge in [0.15, 0.2) is 0 Å². The predicted octanol–water partition coefficient (Wildman–Crippen LogP) is 1.01. The standard InChI is InChI=1S/C18H18N6O2/c25-17-11-23(10-9-19-17)14-7-5-13(6-8-14)20-18(26)12-24-16-4-2-1-3-15(16)21-22-24/h1-8H,9-12H2,(H,19,25)(H,20,26). The largest absolute Gasteiger partial charge is 0.360 e. The van der Waals surface area contributed by atoms with Gasteiger partial charge in [-0.15, -0.1) is 5.10 Å². The molecule has 0 bridgehead atoms. The maximum absolute atomic E-state index is 12.3. The first-order valence-corrected chi connectivity index (χ1v) is 8.39. The van der Waals surface area contributed by atoms with Gasteiger partial charge in [-0.1, -0.05) is 17.3 Å². The molecule has 2 N–H and O–H groups in total. The molecule has 0 radical (unpaired) electrons. The molecule has 0 saturated carbocycles. The van der Waals surface area contributed by atoms with Gasteiger partial charge in [-0.3, -0.25) is 9.59 Å². The lowest BCUT2D eigenvalue weighted by Gasteiger charge is -2.28. The Hall–Kier alpha value is -3.42. The van der Waals surface area contributed by atoms with Crippen molar-refractivity contribution in [3.05, 3.63) is 48.5 Å². The van der Waals surface area contributed by atoms with E-state index in [1.165, 1.54) is 0 Å². The van der Waals surface area contributed by atoms with Gasteiger partial charge in [0.2, 0.25) is 11.8 Å². The minimum Gasteiger partial charge on any atom is -0.360 e. The van der Waals surface area contributed by atoms with E-state index >= 15 is 0 Å². The van der Waals surface area contributed by atoms with Crippen molar-refractivity contribution in [1.82, 2.24) is 20.3 Å². The molecule has 8 heteroatoms. The topological polar surface area (TPSA) is 92.2 Å². The van der Waals surface area contributed by atoms with E-state index < -0.39 is 0 Å². The van der Waals surface area contributed by atoms with Gasteiger partial charge in [0, 0.05) is 24.5 Å². The zero-order valence-electron chi connectivity index (χ0n) is 14.1. The number of hydrogen-bond acceptors (Lipinski definition) is 5. The van der Waals surface area contributed by atoms with Gasteiger partial charge in [0.05, 0.1) is 12.1 Å². The van der Waals surface area contributed by atoms with Crippen LogP contribution in [-0.4, -0.2) is 46.4 Å². The maximum Gasteiger partial charge on any atom is 0.246 e. The van der Waals surface area contributed by atoms with E-state index in [0.717, 1.165) is 23.3 Å². The molecule has 132 valence electrons. The van der Waals surface area contributed by atoms with Gasteiger partial charge >= 0.3 is 0 Å². The summed E-state index contributed by atoms with van der Waals surface area (Å²) in [5.41, 5.74) is 3.24. The fourth-order valence-corrected chi connectivity index (χ4v) is 2.99. The molecule has 0 atom stereocenters. The van der Waals surface area contributed by atoms with E-state index in [2.05, 4.69) is 20.9 Å². The molecule has 1 fully saturated rings. The Labute approximate surface area is 149 Å². The number of fused-ring (bicyclic) bond motifs is 1. The first-order chi connectivity index (χ1) is 12.7. The summed E-state index contributed by atoms with van der Waals surface area (Å²) in [5, 5.41) is 13.7. The molecule has 8 nitrogen and oxygen atoms in total. The molecule has 1 aliphatic rings. The highest BCUT2D eigenvalue weighted by molar-refractivity contribution is 5.91. The van der Waals surface area contributed by atoms with Gasteiger partial charge in [-0.05, 0) is 36.4 Å². The molecule has 1 aliphatic heterocycles. The molecule has 0 aliphatic carbocycles. The number of piperazine rings is 1. The van der Waals surface area contributed by atoms with Crippen LogP contribution in [0.5, 0.6) is 0 Å². The van der Waals surface area contributed by atoms with Gasteiger partial charge in [-0.25, -0.2) is 4.68 Å². The van der Waals surface area contributed by atoms with Crippen LogP contribution in [0.4, 0.5) is 11.4 Å². The Bertz CT molecular complexity index is 950. The molecular formula is C18H18N6O2. The highest BCUT2D eigenvalue weighted by Crippen LogP contribution is 2.18. The Morgan fingerprint density at radius 2 is 1.96 bits per heavy atom. The number of carbonyl (C=O) groups excluding carboxylic acids is 2. The summed E-state index contributed by atoms with van der Waals surface area (Å²) in [4.78, 5) is 25.8. The molecule has 1 aromatic heterocycles. The van der Waals surface area contributed by atoms with Crippen LogP contribution >= 0.6 is 0 Å². The monoisotopic (exact) mass is 350 g/mol. The second kappa shape index (κ2) is 6.83. The third kappa shape index (κ3) is 3.34. The first-order valence-electron chi connectivity index (χ1n) is 8.39. The molecule has 26 heavy (non-hydrogen) atoms. The number of carbonyl (C=O) groups is 2. The van der Waals surface area contributed by atoms with Gasteiger partial charge in [0.1, 0.15) is 12.1 Å². The molecule has 2 amide bonds. The summed E-state index contributed by atoms with van der Waals surface area (Å²) in [7, 11) is 0. The third-order valence-corrected chi connectivity index (χ3v) is 4.27. The summed E-state index contributed by atoms with van der Waals surface area (Å²) in [6, 6.07) is 15.0. The number of rotatable bonds is 4. The summed E-state index contributed by atoms with van der Waals surface area (Å²) < 4.78 is 1.57. The number of amides is 2. The number of aromatic nitrogens is 3. The molecule has 1 saturated heterocycles. The van der Waals surface area contributed by atoms with Crippen LogP contribution in [0.1, 0.15) is 0 Å². The Kier molecular flexibility index (Phi) is 4.22. The lowest BCUT2D eigenvalue weighted by molar-refractivity contribution is -0.120. The van der Waals surface area contributed by atoms with Crippen LogP contribution in [0, 0.1) is 0 Å². The Morgan fingerprint density at radius 3 is 2.77 bits per heavy atom. The zero-order chi connectivity index (χ0) is 17.9. The van der Waals surface area contributed by atoms with Crippen LogP contribution in [0.25, 0.3) is 11.0 Å². The highest BCUT2D eigenvalue weighted by Gasteiger charge is 2.16. The fourth-order valence-electron chi connectivity index (χ4n) is 2.99. The number of hydrogen-bond donors (Lipinski definition) is 2. The maximum atomic E-state index is 12.3. The average Bonchev–Trinajstić information content (AvgIpc) is 3.05. The summed E-state index contributed by atoms with van der Waals surface area (Å²) in [5.74, 6) is -0.153. The number of benzene rings is 2. The average molecular weight is 350 g/mol. The van der Waals surface area contributed by atoms with E-state index in [1.807, 2.05) is 53.4 Å². The normalized spacial score (nSPS) is 14.3. The van der Waals surface area contributed by atoms with Crippen molar-refractivity contribution in [2.24, 2.45) is 0 Å². The molecular weight excluding hydrogens is 332 g/mol. The lowest BCUT2D eigenvalue weighted by Crippen LogP contribution is -2.47. The molecule has 4 rings (SSSR count). The third-order valence-electron chi connectivity index (χ3n) is 4.27. The second-order valence-electron chi connectivity index (χ2n) is 6.10. The summed E-state index contributed by atoms with van der Waals surface area (Å²) in [6.45, 7) is 1.86. The quantitative estimate of drug-likeness (QED) is 0.733. The van der Waals surface area contributed by atoms with Crippen LogP contribution in [0.3, 0.4) is 0 Å². The summed E-state index contributed by atoms with van der Waals surface area (Å²) >= 11 is 0. The zero-order valence-corrected chi connectivity index (χ0v) is 14.1. The first kappa shape index (κ1) is 16.1. The van der Waals surface area contributed by atoms with Gasteiger partial charge < -0.3 is 15.5 Å². The molecule has 0 spiro atoms. The minimum absolute atomic E-state index is 0.0219. The van der Waals surface area contributed by atoms with Crippen molar-refractivity contribution >= 4 is 34.2 Å². The molecule has 0 unspecified atom stereocenters. The van der Waals surface area contributed by atoms with Crippen molar-refractivity contribution in [2.45, 2.75) is 6.54 Å². The van der Waals surface area contributed by atoms with Crippen molar-refractivity contribution < 1.29 is 9.59 Å². The minimum atomic E-state index is -0.175. The van der Waals surface area contributed by atoms with Crippen LogP contribution in [0.2, 0.25) is 0 Å².